The number of hydrogen-bond acceptors (Lipinski definition) is 3. The van der Waals surface area contributed by atoms with Crippen LogP contribution in [-0.2, 0) is 9.59 Å². The van der Waals surface area contributed by atoms with Gasteiger partial charge in [0.2, 0.25) is 11.9 Å². The molecule has 0 spiro atoms. The van der Waals surface area contributed by atoms with Crippen LogP contribution in [0.4, 0.5) is 16.0 Å². The molecule has 0 bridgehead atoms. The molecule has 6 nitrogen and oxygen atoms in total. The minimum atomic E-state index is -0.617. The summed E-state index contributed by atoms with van der Waals surface area (Å²) in [6.07, 6.45) is 1.93. The van der Waals surface area contributed by atoms with Crippen LogP contribution in [0.1, 0.15) is 25.3 Å². The van der Waals surface area contributed by atoms with Gasteiger partial charge in [0.25, 0.3) is 5.91 Å². The number of amides is 2. The topological polar surface area (TPSA) is 67.2 Å². The summed E-state index contributed by atoms with van der Waals surface area (Å²) in [5, 5.41) is 2.74. The van der Waals surface area contributed by atoms with Gasteiger partial charge in [-0.2, -0.15) is 0 Å². The van der Waals surface area contributed by atoms with Gasteiger partial charge in [0.05, 0.1) is 17.5 Å². The van der Waals surface area contributed by atoms with E-state index in [2.05, 4.69) is 10.3 Å². The second-order valence-electron chi connectivity index (χ2n) is 6.98. The van der Waals surface area contributed by atoms with Crippen molar-refractivity contribution in [3.8, 4) is 0 Å². The molecule has 1 aliphatic heterocycles. The van der Waals surface area contributed by atoms with Crippen molar-refractivity contribution in [3.63, 3.8) is 0 Å². The van der Waals surface area contributed by atoms with Gasteiger partial charge >= 0.3 is 0 Å². The molecule has 1 fully saturated rings. The molecule has 0 saturated heterocycles. The van der Waals surface area contributed by atoms with E-state index in [0.717, 1.165) is 23.9 Å². The third-order valence-electron chi connectivity index (χ3n) is 5.05. The van der Waals surface area contributed by atoms with Crippen LogP contribution in [0.25, 0.3) is 11.0 Å². The molecule has 1 atom stereocenters. The first-order valence-corrected chi connectivity index (χ1v) is 8.97. The Morgan fingerprint density at radius 2 is 1.89 bits per heavy atom. The van der Waals surface area contributed by atoms with Crippen LogP contribution in [0.5, 0.6) is 0 Å². The lowest BCUT2D eigenvalue weighted by atomic mass is 10.1. The number of nitrogens with one attached hydrogen (secondary N) is 1. The second-order valence-corrected chi connectivity index (χ2v) is 6.98. The SMILES string of the molecule is O=C(CC1C(=O)N(C2CC2)c2nc3ccccc3n21)Nc1ccc(F)cc1. The molecular formula is C20H17FN4O2. The molecule has 7 heteroatoms. The monoisotopic (exact) mass is 364 g/mol. The zero-order chi connectivity index (χ0) is 18.5. The number of benzene rings is 2. The van der Waals surface area contributed by atoms with Crippen molar-refractivity contribution in [2.75, 3.05) is 10.2 Å². The highest BCUT2D eigenvalue weighted by Gasteiger charge is 2.47. The number of halogens is 1. The number of fused-ring (bicyclic) bond motifs is 3. The molecule has 1 aliphatic carbocycles. The van der Waals surface area contributed by atoms with Crippen LogP contribution in [-0.4, -0.2) is 27.4 Å². The fourth-order valence-corrected chi connectivity index (χ4v) is 3.65. The van der Waals surface area contributed by atoms with Crippen molar-refractivity contribution in [3.05, 3.63) is 54.3 Å². The normalized spacial score (nSPS) is 18.8. The average Bonchev–Trinajstić information content (AvgIpc) is 3.36. The minimum Gasteiger partial charge on any atom is -0.326 e. The first-order valence-electron chi connectivity index (χ1n) is 8.97. The summed E-state index contributed by atoms with van der Waals surface area (Å²) in [4.78, 5) is 31.9. The number of nitrogens with zero attached hydrogens (tertiary/aromatic N) is 3. The number of imidazole rings is 1. The van der Waals surface area contributed by atoms with E-state index < -0.39 is 6.04 Å². The number of anilines is 2. The highest BCUT2D eigenvalue weighted by Crippen LogP contribution is 2.42. The quantitative estimate of drug-likeness (QED) is 0.773. The average molecular weight is 364 g/mol. The lowest BCUT2D eigenvalue weighted by molar-refractivity contribution is -0.124. The summed E-state index contributed by atoms with van der Waals surface area (Å²) >= 11 is 0. The molecular weight excluding hydrogens is 347 g/mol. The van der Waals surface area contributed by atoms with Crippen LogP contribution in [0.2, 0.25) is 0 Å². The minimum absolute atomic E-state index is 0.00673. The maximum absolute atomic E-state index is 13.0. The molecule has 2 aromatic carbocycles. The third kappa shape index (κ3) is 2.66. The lowest BCUT2D eigenvalue weighted by Crippen LogP contribution is -2.33. The standard InChI is InChI=1S/C20H17FN4O2/c21-12-5-7-13(8-6-12)22-18(26)11-17-19(27)24(14-9-10-14)20-23-15-3-1-2-4-16(15)25(17)20/h1-8,14,17H,9-11H2,(H,22,26). The summed E-state index contributed by atoms with van der Waals surface area (Å²) < 4.78 is 14.9. The van der Waals surface area contributed by atoms with Gasteiger partial charge in [-0.15, -0.1) is 0 Å². The van der Waals surface area contributed by atoms with Gasteiger partial charge in [-0.1, -0.05) is 12.1 Å². The number of aromatic nitrogens is 2. The Kier molecular flexibility index (Phi) is 3.50. The molecule has 3 aromatic rings. The number of rotatable bonds is 4. The van der Waals surface area contributed by atoms with E-state index in [1.54, 1.807) is 4.90 Å². The molecule has 0 radical (unpaired) electrons. The number of carbonyl (C=O) groups excluding carboxylic acids is 2. The predicted molar refractivity (Wildman–Crippen MR) is 98.9 cm³/mol. The maximum atomic E-state index is 13.0. The van der Waals surface area contributed by atoms with Gasteiger partial charge < -0.3 is 5.32 Å². The number of para-hydroxylation sites is 2. The van der Waals surface area contributed by atoms with Gasteiger partial charge in [-0.25, -0.2) is 9.37 Å². The van der Waals surface area contributed by atoms with Crippen LogP contribution in [0, 0.1) is 5.82 Å². The van der Waals surface area contributed by atoms with Crippen LogP contribution in [0.3, 0.4) is 0 Å². The van der Waals surface area contributed by atoms with E-state index in [1.165, 1.54) is 24.3 Å². The molecule has 136 valence electrons. The zero-order valence-electron chi connectivity index (χ0n) is 14.4. The molecule has 27 heavy (non-hydrogen) atoms. The van der Waals surface area contributed by atoms with E-state index in [0.29, 0.717) is 11.6 Å². The van der Waals surface area contributed by atoms with Crippen LogP contribution < -0.4 is 10.2 Å². The molecule has 2 heterocycles. The van der Waals surface area contributed by atoms with Crippen molar-refractivity contribution in [2.24, 2.45) is 0 Å². The summed E-state index contributed by atoms with van der Waals surface area (Å²) in [5.41, 5.74) is 2.17. The Morgan fingerprint density at radius 3 is 2.63 bits per heavy atom. The van der Waals surface area contributed by atoms with Crippen LogP contribution >= 0.6 is 0 Å². The van der Waals surface area contributed by atoms with Crippen molar-refractivity contribution < 1.29 is 14.0 Å². The second kappa shape index (κ2) is 5.90. The molecule has 1 saturated carbocycles. The zero-order valence-corrected chi connectivity index (χ0v) is 14.4. The van der Waals surface area contributed by atoms with Crippen molar-refractivity contribution in [1.29, 1.82) is 0 Å². The van der Waals surface area contributed by atoms with E-state index in [9.17, 15) is 14.0 Å². The lowest BCUT2D eigenvalue weighted by Gasteiger charge is -2.15. The Bertz CT molecular complexity index is 1060. The molecule has 5 rings (SSSR count). The van der Waals surface area contributed by atoms with Gasteiger partial charge in [0.1, 0.15) is 11.9 Å². The largest absolute Gasteiger partial charge is 0.326 e. The van der Waals surface area contributed by atoms with Gasteiger partial charge in [-0.05, 0) is 49.2 Å². The first-order chi connectivity index (χ1) is 13.1. The molecule has 1 aromatic heterocycles. The Hall–Kier alpha value is -3.22. The third-order valence-corrected chi connectivity index (χ3v) is 5.05. The van der Waals surface area contributed by atoms with E-state index in [1.807, 2.05) is 28.8 Å². The summed E-state index contributed by atoms with van der Waals surface area (Å²) in [6.45, 7) is 0. The van der Waals surface area contributed by atoms with E-state index in [-0.39, 0.29) is 30.1 Å². The predicted octanol–water partition coefficient (Wildman–Crippen LogP) is 3.25. The van der Waals surface area contributed by atoms with Gasteiger partial charge in [-0.3, -0.25) is 19.1 Å². The van der Waals surface area contributed by atoms with Crippen LogP contribution in [0.15, 0.2) is 48.5 Å². The molecule has 1 N–H and O–H groups in total. The highest BCUT2D eigenvalue weighted by molar-refractivity contribution is 6.05. The fourth-order valence-electron chi connectivity index (χ4n) is 3.65. The molecule has 1 unspecified atom stereocenters. The van der Waals surface area contributed by atoms with Crippen molar-refractivity contribution >= 4 is 34.5 Å². The molecule has 2 aliphatic rings. The fraction of sp³-hybridized carbons (Fsp3) is 0.250. The Balaban J connectivity index is 1.46. The van der Waals surface area contributed by atoms with E-state index in [4.69, 9.17) is 0 Å². The van der Waals surface area contributed by atoms with Gasteiger partial charge in [0.15, 0.2) is 0 Å². The van der Waals surface area contributed by atoms with Crippen molar-refractivity contribution in [1.82, 2.24) is 9.55 Å². The number of hydrogen-bond donors (Lipinski definition) is 1. The Morgan fingerprint density at radius 1 is 1.15 bits per heavy atom. The molecule has 2 amide bonds. The first kappa shape index (κ1) is 16.0. The number of carbonyl (C=O) groups is 2. The Labute approximate surface area is 154 Å². The highest BCUT2D eigenvalue weighted by atomic mass is 19.1. The summed E-state index contributed by atoms with van der Waals surface area (Å²) in [6, 6.07) is 12.8. The smallest absolute Gasteiger partial charge is 0.253 e. The summed E-state index contributed by atoms with van der Waals surface area (Å²) in [5.74, 6) is -0.113. The maximum Gasteiger partial charge on any atom is 0.253 e. The van der Waals surface area contributed by atoms with E-state index >= 15 is 0 Å². The summed E-state index contributed by atoms with van der Waals surface area (Å²) in [7, 11) is 0. The van der Waals surface area contributed by atoms with Crippen molar-refractivity contribution in [2.45, 2.75) is 31.3 Å². The van der Waals surface area contributed by atoms with Gasteiger partial charge in [0, 0.05) is 11.7 Å².